The van der Waals surface area contributed by atoms with Gasteiger partial charge in [0, 0.05) is 6.54 Å². The van der Waals surface area contributed by atoms with Gasteiger partial charge in [-0.3, -0.25) is 0 Å². The average Bonchev–Trinajstić information content (AvgIpc) is 2.30. The lowest BCUT2D eigenvalue weighted by Gasteiger charge is -2.10. The Labute approximate surface area is 109 Å². The molecule has 0 bridgehead atoms. The van der Waals surface area contributed by atoms with Crippen molar-refractivity contribution in [1.29, 1.82) is 0 Å². The molecular weight excluding hydrogens is 256 g/mol. The van der Waals surface area contributed by atoms with Gasteiger partial charge in [-0.15, -0.1) is 0 Å². The average molecular weight is 268 g/mol. The van der Waals surface area contributed by atoms with Crippen LogP contribution in [0.15, 0.2) is 36.4 Å². The predicted molar refractivity (Wildman–Crippen MR) is 69.9 cm³/mol. The van der Waals surface area contributed by atoms with Gasteiger partial charge in [0.05, 0.1) is 10.7 Å². The zero-order valence-electron chi connectivity index (χ0n) is 9.81. The van der Waals surface area contributed by atoms with Gasteiger partial charge in [-0.05, 0) is 48.4 Å². The Morgan fingerprint density at radius 2 is 1.72 bits per heavy atom. The van der Waals surface area contributed by atoms with E-state index in [0.717, 1.165) is 11.1 Å². The molecule has 0 aliphatic heterocycles. The number of hydrogen-bond donors (Lipinski definition) is 1. The highest BCUT2D eigenvalue weighted by Crippen LogP contribution is 2.23. The molecule has 4 heteroatoms. The molecule has 1 nitrogen and oxygen atoms in total. The maximum atomic E-state index is 12.9. The molecule has 0 spiro atoms. The smallest absolute Gasteiger partial charge is 0.124 e. The molecule has 0 radical (unpaired) electrons. The molecule has 2 rings (SSSR count). The van der Waals surface area contributed by atoms with E-state index in [9.17, 15) is 8.78 Å². The van der Waals surface area contributed by atoms with Gasteiger partial charge < -0.3 is 5.32 Å². The number of nitrogens with one attached hydrogen (secondary N) is 1. The van der Waals surface area contributed by atoms with Gasteiger partial charge >= 0.3 is 0 Å². The number of rotatable bonds is 3. The number of benzene rings is 2. The Kier molecular flexibility index (Phi) is 3.82. The number of hydrogen-bond acceptors (Lipinski definition) is 1. The van der Waals surface area contributed by atoms with Crippen LogP contribution < -0.4 is 5.32 Å². The van der Waals surface area contributed by atoms with E-state index >= 15 is 0 Å². The lowest BCUT2D eigenvalue weighted by molar-refractivity contribution is 0.625. The molecule has 0 aliphatic carbocycles. The van der Waals surface area contributed by atoms with Crippen molar-refractivity contribution in [3.8, 4) is 0 Å². The van der Waals surface area contributed by atoms with Gasteiger partial charge in [-0.1, -0.05) is 17.7 Å². The summed E-state index contributed by atoms with van der Waals surface area (Å²) in [4.78, 5) is 0. The highest BCUT2D eigenvalue weighted by atomic mass is 35.5. The van der Waals surface area contributed by atoms with E-state index in [1.165, 1.54) is 24.3 Å². The van der Waals surface area contributed by atoms with Crippen molar-refractivity contribution >= 4 is 17.3 Å². The van der Waals surface area contributed by atoms with Gasteiger partial charge in [-0.2, -0.15) is 0 Å². The van der Waals surface area contributed by atoms with Crippen molar-refractivity contribution in [2.45, 2.75) is 13.5 Å². The summed E-state index contributed by atoms with van der Waals surface area (Å²) in [6.07, 6.45) is 0. The maximum absolute atomic E-state index is 12.9. The van der Waals surface area contributed by atoms with E-state index in [4.69, 9.17) is 11.6 Å². The van der Waals surface area contributed by atoms with Crippen LogP contribution >= 0.6 is 11.6 Å². The van der Waals surface area contributed by atoms with E-state index < -0.39 is 0 Å². The quantitative estimate of drug-likeness (QED) is 0.861. The van der Waals surface area contributed by atoms with Crippen molar-refractivity contribution in [1.82, 2.24) is 0 Å². The van der Waals surface area contributed by atoms with Crippen LogP contribution in [0, 0.1) is 18.6 Å². The summed E-state index contributed by atoms with van der Waals surface area (Å²) in [5.74, 6) is -0.625. The summed E-state index contributed by atoms with van der Waals surface area (Å²) in [6.45, 7) is 2.35. The van der Waals surface area contributed by atoms with Gasteiger partial charge in [0.2, 0.25) is 0 Å². The van der Waals surface area contributed by atoms with Crippen LogP contribution in [0.3, 0.4) is 0 Å². The van der Waals surface area contributed by atoms with Crippen molar-refractivity contribution < 1.29 is 8.78 Å². The fourth-order valence-corrected chi connectivity index (χ4v) is 1.91. The second kappa shape index (κ2) is 5.36. The van der Waals surface area contributed by atoms with Crippen LogP contribution in [-0.2, 0) is 6.54 Å². The van der Waals surface area contributed by atoms with Crippen LogP contribution in [0.2, 0.25) is 5.02 Å². The molecule has 0 heterocycles. The Balaban J connectivity index is 2.11. The molecule has 0 aliphatic rings. The third-order valence-corrected chi connectivity index (χ3v) is 3.02. The minimum absolute atomic E-state index is 0.254. The van der Waals surface area contributed by atoms with Crippen LogP contribution in [0.4, 0.5) is 14.5 Å². The lowest BCUT2D eigenvalue weighted by atomic mass is 10.1. The molecule has 1 N–H and O–H groups in total. The Morgan fingerprint density at radius 1 is 1.06 bits per heavy atom. The molecular formula is C14H12ClF2N. The summed E-state index contributed by atoms with van der Waals surface area (Å²) < 4.78 is 25.8. The fraction of sp³-hybridized carbons (Fsp3) is 0.143. The molecule has 0 aromatic heterocycles. The third-order valence-electron chi connectivity index (χ3n) is 2.71. The van der Waals surface area contributed by atoms with Crippen molar-refractivity contribution in [2.75, 3.05) is 5.32 Å². The van der Waals surface area contributed by atoms with Crippen molar-refractivity contribution in [2.24, 2.45) is 0 Å². The Hall–Kier alpha value is -1.61. The highest BCUT2D eigenvalue weighted by molar-refractivity contribution is 6.33. The topological polar surface area (TPSA) is 12.0 Å². The summed E-state index contributed by atoms with van der Waals surface area (Å²) in [5.41, 5.74) is 2.49. The molecule has 18 heavy (non-hydrogen) atoms. The summed E-state index contributed by atoms with van der Waals surface area (Å²) in [6, 6.07) is 8.78. The predicted octanol–water partition coefficient (Wildman–Crippen LogP) is 4.54. The molecule has 2 aromatic carbocycles. The summed E-state index contributed by atoms with van der Waals surface area (Å²) in [5, 5.41) is 3.42. The lowest BCUT2D eigenvalue weighted by Crippen LogP contribution is -2.02. The summed E-state index contributed by atoms with van der Waals surface area (Å²) in [7, 11) is 0. The fourth-order valence-electron chi connectivity index (χ4n) is 1.68. The number of anilines is 1. The molecule has 0 unspecified atom stereocenters. The minimum Gasteiger partial charge on any atom is -0.380 e. The molecule has 0 atom stereocenters. The monoisotopic (exact) mass is 267 g/mol. The van der Waals surface area contributed by atoms with Gasteiger partial charge in [0.25, 0.3) is 0 Å². The van der Waals surface area contributed by atoms with Gasteiger partial charge in [-0.25, -0.2) is 8.78 Å². The number of halogens is 3. The Morgan fingerprint density at radius 3 is 2.39 bits per heavy atom. The first kappa shape index (κ1) is 12.8. The van der Waals surface area contributed by atoms with E-state index in [2.05, 4.69) is 5.32 Å². The molecule has 0 amide bonds. The molecule has 0 saturated heterocycles. The Bertz CT molecular complexity index is 518. The summed E-state index contributed by atoms with van der Waals surface area (Å²) >= 11 is 5.90. The van der Waals surface area contributed by atoms with Crippen LogP contribution in [0.1, 0.15) is 11.1 Å². The zero-order chi connectivity index (χ0) is 13.1. The molecule has 94 valence electrons. The SMILES string of the molecule is Cc1cc(F)ccc1CNc1ccc(F)cc1Cl. The third kappa shape index (κ3) is 2.99. The zero-order valence-corrected chi connectivity index (χ0v) is 10.6. The maximum Gasteiger partial charge on any atom is 0.124 e. The van der Waals surface area contributed by atoms with Crippen LogP contribution in [0.5, 0.6) is 0 Å². The largest absolute Gasteiger partial charge is 0.380 e. The molecule has 2 aromatic rings. The van der Waals surface area contributed by atoms with E-state index in [0.29, 0.717) is 17.3 Å². The van der Waals surface area contributed by atoms with Crippen molar-refractivity contribution in [3.05, 3.63) is 64.2 Å². The van der Waals surface area contributed by atoms with E-state index in [-0.39, 0.29) is 11.6 Å². The molecule has 0 fully saturated rings. The van der Waals surface area contributed by atoms with Gasteiger partial charge in [0.1, 0.15) is 11.6 Å². The first-order valence-corrected chi connectivity index (χ1v) is 5.88. The number of aryl methyl sites for hydroxylation is 1. The second-order valence-electron chi connectivity index (χ2n) is 4.05. The first-order valence-electron chi connectivity index (χ1n) is 5.50. The first-order chi connectivity index (χ1) is 8.56. The van der Waals surface area contributed by atoms with Crippen LogP contribution in [-0.4, -0.2) is 0 Å². The normalized spacial score (nSPS) is 10.4. The standard InChI is InChI=1S/C14H12ClF2N/c1-9-6-11(16)3-2-10(9)8-18-14-5-4-12(17)7-13(14)15/h2-7,18H,8H2,1H3. The van der Waals surface area contributed by atoms with E-state index in [1.807, 2.05) is 6.92 Å². The van der Waals surface area contributed by atoms with Gasteiger partial charge in [0.15, 0.2) is 0 Å². The van der Waals surface area contributed by atoms with E-state index in [1.54, 1.807) is 12.1 Å². The van der Waals surface area contributed by atoms with Crippen molar-refractivity contribution in [3.63, 3.8) is 0 Å². The van der Waals surface area contributed by atoms with Crippen LogP contribution in [0.25, 0.3) is 0 Å². The molecule has 0 saturated carbocycles. The highest BCUT2D eigenvalue weighted by Gasteiger charge is 2.03. The second-order valence-corrected chi connectivity index (χ2v) is 4.46. The minimum atomic E-state index is -0.372.